The van der Waals surface area contributed by atoms with Gasteiger partial charge in [0, 0.05) is 12.8 Å². The number of carbonyl (C=O) groups excluding carboxylic acids is 2. The Morgan fingerprint density at radius 2 is 1.24 bits per heavy atom. The average molecular weight is 292 g/mol. The Morgan fingerprint density at radius 1 is 0.810 bits per heavy atom. The van der Waals surface area contributed by atoms with Crippen molar-refractivity contribution in [3.8, 4) is 0 Å². The van der Waals surface area contributed by atoms with Gasteiger partial charge in [0.05, 0.1) is 0 Å². The first kappa shape index (κ1) is 16.6. The zero-order chi connectivity index (χ0) is 15.8. The van der Waals surface area contributed by atoms with Crippen LogP contribution in [0.2, 0.25) is 0 Å². The summed E-state index contributed by atoms with van der Waals surface area (Å²) in [6.07, 6.45) is -1.39. The first-order chi connectivity index (χ1) is 9.88. The van der Waals surface area contributed by atoms with Crippen LogP contribution < -0.4 is 0 Å². The maximum atomic E-state index is 11.6. The predicted molar refractivity (Wildman–Crippen MR) is 72.9 cm³/mol. The number of carboxylic acid groups (broad SMARTS) is 2. The molecule has 0 unspecified atom stereocenters. The Morgan fingerprint density at radius 3 is 1.62 bits per heavy atom. The third kappa shape index (κ3) is 6.47. The molecule has 0 aliphatic carbocycles. The summed E-state index contributed by atoms with van der Waals surface area (Å²) in [5, 5.41) is 17.2. The summed E-state index contributed by atoms with van der Waals surface area (Å²) in [7, 11) is 0. The zero-order valence-electron chi connectivity index (χ0n) is 11.3. The van der Waals surface area contributed by atoms with Crippen molar-refractivity contribution >= 4 is 23.5 Å². The van der Waals surface area contributed by atoms with Crippen molar-refractivity contribution in [2.45, 2.75) is 31.6 Å². The molecule has 0 amide bonds. The number of rotatable bonds is 9. The molecule has 0 heterocycles. The van der Waals surface area contributed by atoms with Crippen LogP contribution in [-0.2, 0) is 19.2 Å². The highest BCUT2D eigenvalue weighted by Gasteiger charge is 2.21. The third-order valence-electron chi connectivity index (χ3n) is 2.92. The zero-order valence-corrected chi connectivity index (χ0v) is 11.3. The van der Waals surface area contributed by atoms with Crippen LogP contribution in [0, 0.1) is 0 Å². The van der Waals surface area contributed by atoms with Crippen molar-refractivity contribution < 1.29 is 29.4 Å². The topological polar surface area (TPSA) is 109 Å². The predicted octanol–water partition coefficient (Wildman–Crippen LogP) is 1.64. The van der Waals surface area contributed by atoms with Crippen LogP contribution in [0.4, 0.5) is 0 Å². The van der Waals surface area contributed by atoms with Crippen LogP contribution in [0.5, 0.6) is 0 Å². The Hall–Kier alpha value is -2.50. The van der Waals surface area contributed by atoms with Crippen LogP contribution in [0.15, 0.2) is 30.3 Å². The van der Waals surface area contributed by atoms with Crippen molar-refractivity contribution in [2.75, 3.05) is 0 Å². The molecule has 0 bridgehead atoms. The second-order valence-electron chi connectivity index (χ2n) is 4.73. The van der Waals surface area contributed by atoms with Crippen molar-refractivity contribution in [3.05, 3.63) is 35.9 Å². The lowest BCUT2D eigenvalue weighted by atomic mass is 9.88. The van der Waals surface area contributed by atoms with E-state index in [0.29, 0.717) is 0 Å². The van der Waals surface area contributed by atoms with Gasteiger partial charge in [-0.3, -0.25) is 19.2 Å². The Labute approximate surface area is 121 Å². The maximum Gasteiger partial charge on any atom is 0.310 e. The SMILES string of the molecule is O=C(O)CC(=O)CC(CC(=O)CC(=O)O)c1ccccc1. The molecular weight excluding hydrogens is 276 g/mol. The maximum absolute atomic E-state index is 11.6. The second kappa shape index (κ2) is 7.94. The standard InChI is InChI=1S/C15H16O6/c16-12(8-14(18)19)6-11(7-13(17)9-15(20)21)10-4-2-1-3-5-10/h1-5,11H,6-9H2,(H,18,19)(H,20,21). The first-order valence-corrected chi connectivity index (χ1v) is 6.40. The van der Waals surface area contributed by atoms with E-state index in [1.807, 2.05) is 0 Å². The van der Waals surface area contributed by atoms with Gasteiger partial charge in [0.1, 0.15) is 24.4 Å². The summed E-state index contributed by atoms with van der Waals surface area (Å²) in [6, 6.07) is 8.72. The van der Waals surface area contributed by atoms with Crippen molar-refractivity contribution in [2.24, 2.45) is 0 Å². The molecule has 0 spiro atoms. The minimum atomic E-state index is -1.22. The van der Waals surface area contributed by atoms with E-state index in [2.05, 4.69) is 0 Å². The van der Waals surface area contributed by atoms with Gasteiger partial charge >= 0.3 is 11.9 Å². The minimum Gasteiger partial charge on any atom is -0.481 e. The fourth-order valence-electron chi connectivity index (χ4n) is 2.06. The highest BCUT2D eigenvalue weighted by molar-refractivity contribution is 5.97. The number of aliphatic carboxylic acids is 2. The van der Waals surface area contributed by atoms with E-state index in [0.717, 1.165) is 5.56 Å². The van der Waals surface area contributed by atoms with Gasteiger partial charge in [-0.2, -0.15) is 0 Å². The molecule has 21 heavy (non-hydrogen) atoms. The fraction of sp³-hybridized carbons (Fsp3) is 0.333. The lowest BCUT2D eigenvalue weighted by molar-refractivity contribution is -0.141. The van der Waals surface area contributed by atoms with Gasteiger partial charge in [-0.25, -0.2) is 0 Å². The Balaban J connectivity index is 2.80. The minimum absolute atomic E-state index is 0.0956. The third-order valence-corrected chi connectivity index (χ3v) is 2.92. The van der Waals surface area contributed by atoms with Gasteiger partial charge in [0.15, 0.2) is 0 Å². The first-order valence-electron chi connectivity index (χ1n) is 6.40. The average Bonchev–Trinajstić information content (AvgIpc) is 2.37. The second-order valence-corrected chi connectivity index (χ2v) is 4.73. The van der Waals surface area contributed by atoms with E-state index in [1.54, 1.807) is 30.3 Å². The summed E-state index contributed by atoms with van der Waals surface area (Å²) in [6.45, 7) is 0. The molecular formula is C15H16O6. The fourth-order valence-corrected chi connectivity index (χ4v) is 2.06. The van der Waals surface area contributed by atoms with Crippen LogP contribution in [0.25, 0.3) is 0 Å². The van der Waals surface area contributed by atoms with E-state index in [4.69, 9.17) is 10.2 Å². The van der Waals surface area contributed by atoms with Gasteiger partial charge in [-0.05, 0) is 11.5 Å². The number of carboxylic acids is 2. The highest BCUT2D eigenvalue weighted by Crippen LogP contribution is 2.25. The summed E-state index contributed by atoms with van der Waals surface area (Å²) >= 11 is 0. The molecule has 1 aromatic carbocycles. The van der Waals surface area contributed by atoms with E-state index >= 15 is 0 Å². The van der Waals surface area contributed by atoms with Crippen molar-refractivity contribution in [3.63, 3.8) is 0 Å². The van der Waals surface area contributed by atoms with Crippen LogP contribution in [-0.4, -0.2) is 33.7 Å². The molecule has 112 valence electrons. The number of hydrogen-bond acceptors (Lipinski definition) is 4. The van der Waals surface area contributed by atoms with Crippen molar-refractivity contribution in [1.29, 1.82) is 0 Å². The van der Waals surface area contributed by atoms with Crippen LogP contribution in [0.3, 0.4) is 0 Å². The smallest absolute Gasteiger partial charge is 0.310 e. The van der Waals surface area contributed by atoms with Crippen LogP contribution in [0.1, 0.15) is 37.2 Å². The molecule has 0 saturated carbocycles. The largest absolute Gasteiger partial charge is 0.481 e. The quantitative estimate of drug-likeness (QED) is 0.670. The lowest BCUT2D eigenvalue weighted by Gasteiger charge is -2.15. The molecule has 6 nitrogen and oxygen atoms in total. The summed E-state index contributed by atoms with van der Waals surface area (Å²) in [5.41, 5.74) is 0.718. The number of carbonyl (C=O) groups is 4. The van der Waals surface area contributed by atoms with Gasteiger partial charge in [-0.1, -0.05) is 30.3 Å². The molecule has 1 rings (SSSR count). The Bertz CT molecular complexity index is 504. The normalized spacial score (nSPS) is 10.3. The Kier molecular flexibility index (Phi) is 6.26. The molecule has 0 aliphatic heterocycles. The number of Topliss-reactive ketones (excluding diaryl/α,β-unsaturated/α-hetero) is 2. The summed E-state index contributed by atoms with van der Waals surface area (Å²) in [4.78, 5) is 44.3. The number of benzene rings is 1. The summed E-state index contributed by atoms with van der Waals surface area (Å²) in [5.74, 6) is -3.91. The summed E-state index contributed by atoms with van der Waals surface area (Å²) < 4.78 is 0. The molecule has 0 aliphatic rings. The molecule has 0 fully saturated rings. The molecule has 0 saturated heterocycles. The molecule has 1 aromatic rings. The molecule has 6 heteroatoms. The lowest BCUT2D eigenvalue weighted by Crippen LogP contribution is -2.16. The van der Waals surface area contributed by atoms with Gasteiger partial charge in [-0.15, -0.1) is 0 Å². The van der Waals surface area contributed by atoms with E-state index < -0.39 is 42.3 Å². The van der Waals surface area contributed by atoms with Gasteiger partial charge in [0.2, 0.25) is 0 Å². The van der Waals surface area contributed by atoms with Gasteiger partial charge < -0.3 is 10.2 Å². The van der Waals surface area contributed by atoms with Gasteiger partial charge in [0.25, 0.3) is 0 Å². The van der Waals surface area contributed by atoms with E-state index in [9.17, 15) is 19.2 Å². The number of hydrogen-bond donors (Lipinski definition) is 2. The highest BCUT2D eigenvalue weighted by atomic mass is 16.4. The molecule has 0 aromatic heterocycles. The van der Waals surface area contributed by atoms with Crippen LogP contribution >= 0.6 is 0 Å². The molecule has 0 radical (unpaired) electrons. The van der Waals surface area contributed by atoms with E-state index in [1.165, 1.54) is 0 Å². The number of ketones is 2. The van der Waals surface area contributed by atoms with Crippen molar-refractivity contribution in [1.82, 2.24) is 0 Å². The monoisotopic (exact) mass is 292 g/mol. The van der Waals surface area contributed by atoms with E-state index in [-0.39, 0.29) is 12.8 Å². The molecule has 2 N–H and O–H groups in total. The molecule has 0 atom stereocenters.